The van der Waals surface area contributed by atoms with Crippen molar-refractivity contribution in [2.24, 2.45) is 5.41 Å². The zero-order valence-corrected chi connectivity index (χ0v) is 18.6. The van der Waals surface area contributed by atoms with Crippen LogP contribution in [-0.2, 0) is 0 Å². The van der Waals surface area contributed by atoms with E-state index in [2.05, 4.69) is 119 Å². The first-order valence-corrected chi connectivity index (χ1v) is 12.0. The maximum Gasteiger partial charge on any atom is 0.222 e. The third kappa shape index (κ3) is 4.02. The van der Waals surface area contributed by atoms with E-state index >= 15 is 0 Å². The highest BCUT2D eigenvalue weighted by Gasteiger charge is 2.47. The molecule has 0 aromatic heterocycles. The minimum atomic E-state index is -2.38. The van der Waals surface area contributed by atoms with E-state index in [9.17, 15) is 0 Å². The van der Waals surface area contributed by atoms with E-state index in [1.54, 1.807) is 0 Å². The topological polar surface area (TPSA) is 12.0 Å². The molecule has 1 aliphatic rings. The first kappa shape index (κ1) is 19.8. The predicted octanol–water partition coefficient (Wildman–Crippen LogP) is 4.98. The van der Waals surface area contributed by atoms with Crippen molar-refractivity contribution in [3.63, 3.8) is 0 Å². The molecule has 0 amide bonds. The first-order valence-electron chi connectivity index (χ1n) is 9.97. The first-order chi connectivity index (χ1) is 12.6. The van der Waals surface area contributed by atoms with Gasteiger partial charge in [0.25, 0.3) is 0 Å². The molecule has 1 nitrogen and oxygen atoms in total. The molecule has 0 saturated heterocycles. The maximum atomic E-state index is 4.18. The van der Waals surface area contributed by atoms with Gasteiger partial charge in [0.2, 0.25) is 8.24 Å². The molecule has 0 fully saturated rings. The Labute approximate surface area is 166 Å². The van der Waals surface area contributed by atoms with Gasteiger partial charge in [-0.15, -0.1) is 0 Å². The van der Waals surface area contributed by atoms with Crippen LogP contribution in [0.3, 0.4) is 0 Å². The quantitative estimate of drug-likeness (QED) is 0.744. The minimum absolute atomic E-state index is 0.00430. The summed E-state index contributed by atoms with van der Waals surface area (Å²) in [6, 6.07) is 22.2. The van der Waals surface area contributed by atoms with Gasteiger partial charge >= 0.3 is 0 Å². The van der Waals surface area contributed by atoms with Gasteiger partial charge in [0.15, 0.2) is 0 Å². The van der Waals surface area contributed by atoms with E-state index in [0.29, 0.717) is 0 Å². The van der Waals surface area contributed by atoms with E-state index in [4.69, 9.17) is 0 Å². The van der Waals surface area contributed by atoms with Crippen molar-refractivity contribution in [3.05, 3.63) is 83.6 Å². The molecule has 0 heterocycles. The number of nitrogens with one attached hydrogen (secondary N) is 1. The molecule has 1 aliphatic carbocycles. The maximum absolute atomic E-state index is 4.18. The minimum Gasteiger partial charge on any atom is -0.322 e. The van der Waals surface area contributed by atoms with Crippen LogP contribution in [0.4, 0.5) is 0 Å². The largest absolute Gasteiger partial charge is 0.322 e. The number of hydrogen-bond donors (Lipinski definition) is 1. The normalized spacial score (nSPS) is 15.5. The van der Waals surface area contributed by atoms with Crippen LogP contribution in [-0.4, -0.2) is 13.8 Å². The fourth-order valence-corrected chi connectivity index (χ4v) is 9.40. The molecule has 2 aromatic rings. The SMILES string of the molecule is CC(C)(C)N[Si](C1=CCC=C1C(C)(C)C)(c1ccccc1)c1ccccc1. The molecule has 3 rings (SSSR count). The van der Waals surface area contributed by atoms with E-state index in [1.165, 1.54) is 21.1 Å². The van der Waals surface area contributed by atoms with Gasteiger partial charge < -0.3 is 4.98 Å². The van der Waals surface area contributed by atoms with Crippen molar-refractivity contribution < 1.29 is 0 Å². The molecule has 0 saturated carbocycles. The van der Waals surface area contributed by atoms with E-state index in [0.717, 1.165) is 6.42 Å². The number of benzene rings is 2. The zero-order valence-electron chi connectivity index (χ0n) is 17.6. The number of allylic oxidation sites excluding steroid dienone is 4. The second-order valence-electron chi connectivity index (χ2n) is 9.58. The lowest BCUT2D eigenvalue weighted by molar-refractivity contribution is 0.505. The fourth-order valence-electron chi connectivity index (χ4n) is 4.21. The Balaban J connectivity index is 2.33. The third-order valence-electron chi connectivity index (χ3n) is 5.12. The van der Waals surface area contributed by atoms with E-state index in [-0.39, 0.29) is 11.0 Å². The highest BCUT2D eigenvalue weighted by atomic mass is 28.3. The molecule has 0 unspecified atom stereocenters. The van der Waals surface area contributed by atoms with E-state index in [1.807, 2.05) is 0 Å². The Morgan fingerprint density at radius 3 is 1.59 bits per heavy atom. The number of rotatable bonds is 4. The van der Waals surface area contributed by atoms with Crippen LogP contribution in [0.1, 0.15) is 48.0 Å². The highest BCUT2D eigenvalue weighted by molar-refractivity contribution is 7.06. The van der Waals surface area contributed by atoms with Crippen LogP contribution < -0.4 is 15.4 Å². The molecule has 0 radical (unpaired) electrons. The molecule has 27 heavy (non-hydrogen) atoms. The van der Waals surface area contributed by atoms with E-state index < -0.39 is 8.24 Å². The van der Waals surface area contributed by atoms with Gasteiger partial charge in [0.1, 0.15) is 0 Å². The van der Waals surface area contributed by atoms with Gasteiger partial charge in [-0.2, -0.15) is 0 Å². The standard InChI is InChI=1S/C25H33NSi/c1-24(2,3)22-18-13-19-23(22)27(26-25(4,5)6,20-14-9-7-10-15-20)21-16-11-8-12-17-21/h7-12,14-19,26H,13H2,1-6H3. The third-order valence-corrected chi connectivity index (χ3v) is 9.93. The molecule has 0 aliphatic heterocycles. The summed E-state index contributed by atoms with van der Waals surface area (Å²) >= 11 is 0. The Kier molecular flexibility index (Phi) is 5.33. The average molecular weight is 376 g/mol. The van der Waals surface area contributed by atoms with Crippen LogP contribution in [0.2, 0.25) is 0 Å². The molecule has 142 valence electrons. The Morgan fingerprint density at radius 2 is 1.19 bits per heavy atom. The summed E-state index contributed by atoms with van der Waals surface area (Å²) in [5.74, 6) is 0. The van der Waals surface area contributed by atoms with Crippen molar-refractivity contribution in [1.82, 2.24) is 4.98 Å². The number of hydrogen-bond acceptors (Lipinski definition) is 1. The summed E-state index contributed by atoms with van der Waals surface area (Å²) in [5, 5.41) is 4.38. The zero-order chi connectivity index (χ0) is 19.7. The van der Waals surface area contributed by atoms with Crippen molar-refractivity contribution >= 4 is 18.6 Å². The van der Waals surface area contributed by atoms with Crippen LogP contribution in [0.25, 0.3) is 0 Å². The van der Waals surface area contributed by atoms with Gasteiger partial charge in [-0.05, 0) is 53.7 Å². The van der Waals surface area contributed by atoms with Gasteiger partial charge in [0, 0.05) is 5.54 Å². The van der Waals surface area contributed by atoms with Crippen molar-refractivity contribution in [2.45, 2.75) is 53.5 Å². The van der Waals surface area contributed by atoms with Crippen LogP contribution in [0.5, 0.6) is 0 Å². The lowest BCUT2D eigenvalue weighted by Gasteiger charge is -2.43. The van der Waals surface area contributed by atoms with Crippen LogP contribution in [0, 0.1) is 5.41 Å². The Bertz CT molecular complexity index is 794. The van der Waals surface area contributed by atoms with Crippen LogP contribution >= 0.6 is 0 Å². The monoisotopic (exact) mass is 375 g/mol. The second kappa shape index (κ2) is 7.25. The highest BCUT2D eigenvalue weighted by Crippen LogP contribution is 2.39. The molecular weight excluding hydrogens is 342 g/mol. The van der Waals surface area contributed by atoms with Crippen molar-refractivity contribution in [1.29, 1.82) is 0 Å². The van der Waals surface area contributed by atoms with Crippen molar-refractivity contribution in [2.75, 3.05) is 0 Å². The summed E-state index contributed by atoms with van der Waals surface area (Å²) in [6.45, 7) is 13.9. The molecule has 0 atom stereocenters. The molecule has 1 N–H and O–H groups in total. The van der Waals surface area contributed by atoms with Gasteiger partial charge in [-0.1, -0.05) is 93.6 Å². The molecule has 0 bridgehead atoms. The summed E-state index contributed by atoms with van der Waals surface area (Å²) < 4.78 is 0. The van der Waals surface area contributed by atoms with Gasteiger partial charge in [-0.25, -0.2) is 0 Å². The Morgan fingerprint density at radius 1 is 0.704 bits per heavy atom. The molecule has 2 heteroatoms. The lowest BCUT2D eigenvalue weighted by Crippen LogP contribution is -2.74. The summed E-state index contributed by atoms with van der Waals surface area (Å²) in [4.78, 5) is 4.18. The molecule has 2 aromatic carbocycles. The average Bonchev–Trinajstić information content (AvgIpc) is 3.11. The van der Waals surface area contributed by atoms with Gasteiger partial charge in [-0.3, -0.25) is 0 Å². The lowest BCUT2D eigenvalue weighted by atomic mass is 9.87. The van der Waals surface area contributed by atoms with Crippen LogP contribution in [0.15, 0.2) is 83.6 Å². The summed E-state index contributed by atoms with van der Waals surface area (Å²) in [5.41, 5.74) is 1.63. The predicted molar refractivity (Wildman–Crippen MR) is 121 cm³/mol. The smallest absolute Gasteiger partial charge is 0.222 e. The van der Waals surface area contributed by atoms with Crippen molar-refractivity contribution in [3.8, 4) is 0 Å². The molecular formula is C25H33NSi. The fraction of sp³-hybridized carbons (Fsp3) is 0.360. The Hall–Kier alpha value is -1.90. The summed E-state index contributed by atoms with van der Waals surface area (Å²) in [7, 11) is -2.38. The second-order valence-corrected chi connectivity index (χ2v) is 13.0. The summed E-state index contributed by atoms with van der Waals surface area (Å²) in [6.07, 6.45) is 5.95. The van der Waals surface area contributed by atoms with Gasteiger partial charge in [0.05, 0.1) is 0 Å². The molecule has 0 spiro atoms.